The highest BCUT2D eigenvalue weighted by molar-refractivity contribution is 6.11. The third-order valence-corrected chi connectivity index (χ3v) is 4.11. The first-order valence-electron chi connectivity index (χ1n) is 7.96. The number of carbonyl (C=O) groups is 2. The number of fused-ring (bicyclic) bond motifs is 1. The van der Waals surface area contributed by atoms with Gasteiger partial charge in [-0.2, -0.15) is 0 Å². The highest BCUT2D eigenvalue weighted by Crippen LogP contribution is 2.25. The Hall–Kier alpha value is -3.48. The van der Waals surface area contributed by atoms with Gasteiger partial charge in [0.05, 0.1) is 4.92 Å². The van der Waals surface area contributed by atoms with E-state index in [9.17, 15) is 19.7 Å². The second-order valence-corrected chi connectivity index (χ2v) is 5.86. The highest BCUT2D eigenvalue weighted by Gasteiger charge is 2.27. The topological polar surface area (TPSA) is 102 Å². The molecule has 0 amide bonds. The zero-order chi connectivity index (χ0) is 18.8. The lowest BCUT2D eigenvalue weighted by atomic mass is 10.0. The van der Waals surface area contributed by atoms with Crippen LogP contribution in [0.5, 0.6) is 0 Å². The molecular formula is C19H16N2O5. The van der Waals surface area contributed by atoms with Crippen LogP contribution in [0.3, 0.4) is 0 Å². The summed E-state index contributed by atoms with van der Waals surface area (Å²) in [6.45, 7) is 3.22. The van der Waals surface area contributed by atoms with Gasteiger partial charge in [-0.05, 0) is 26.0 Å². The number of benzene rings is 2. The second-order valence-electron chi connectivity index (χ2n) is 5.86. The summed E-state index contributed by atoms with van der Waals surface area (Å²) in [5, 5.41) is 11.8. The maximum absolute atomic E-state index is 12.8. The van der Waals surface area contributed by atoms with E-state index >= 15 is 0 Å². The molecule has 2 aromatic carbocycles. The Balaban J connectivity index is 1.87. The van der Waals surface area contributed by atoms with E-state index in [-0.39, 0.29) is 17.0 Å². The van der Waals surface area contributed by atoms with Crippen LogP contribution >= 0.6 is 0 Å². The number of rotatable bonds is 5. The number of nitro benzene ring substituents is 1. The third-order valence-electron chi connectivity index (χ3n) is 4.11. The average molecular weight is 352 g/mol. The molecule has 0 bridgehead atoms. The number of ketones is 1. The van der Waals surface area contributed by atoms with Gasteiger partial charge in [0.15, 0.2) is 6.10 Å². The number of nitro groups is 1. The summed E-state index contributed by atoms with van der Waals surface area (Å²) < 4.78 is 5.21. The quantitative estimate of drug-likeness (QED) is 0.325. The lowest BCUT2D eigenvalue weighted by Gasteiger charge is -2.12. The van der Waals surface area contributed by atoms with Crippen molar-refractivity contribution < 1.29 is 19.2 Å². The molecule has 0 aliphatic heterocycles. The van der Waals surface area contributed by atoms with Gasteiger partial charge in [0.25, 0.3) is 5.69 Å². The fourth-order valence-corrected chi connectivity index (χ4v) is 2.88. The van der Waals surface area contributed by atoms with Crippen molar-refractivity contribution in [3.05, 3.63) is 75.5 Å². The number of aryl methyl sites for hydroxylation is 1. The van der Waals surface area contributed by atoms with Crippen molar-refractivity contribution in [2.75, 3.05) is 0 Å². The number of aromatic nitrogens is 1. The van der Waals surface area contributed by atoms with Crippen molar-refractivity contribution in [1.82, 2.24) is 4.98 Å². The average Bonchev–Trinajstić information content (AvgIpc) is 2.96. The summed E-state index contributed by atoms with van der Waals surface area (Å²) in [6.07, 6.45) is -1.08. The molecule has 0 radical (unpaired) electrons. The molecule has 1 aromatic heterocycles. The largest absolute Gasteiger partial charge is 0.450 e. The van der Waals surface area contributed by atoms with Crippen LogP contribution in [-0.2, 0) is 4.74 Å². The number of para-hydroxylation sites is 2. The minimum absolute atomic E-state index is 0.187. The Bertz CT molecular complexity index is 1020. The minimum atomic E-state index is -1.08. The molecule has 1 atom stereocenters. The standard InChI is InChI=1S/C19H16N2O5/c1-11-17(13-7-3-5-9-15(13)20-11)18(22)12(2)26-19(23)14-8-4-6-10-16(14)21(24)25/h3-10,12,20H,1-2H3/t12-/m0/s1. The van der Waals surface area contributed by atoms with Crippen molar-refractivity contribution in [1.29, 1.82) is 0 Å². The molecule has 0 aliphatic rings. The number of carbonyl (C=O) groups excluding carboxylic acids is 2. The van der Waals surface area contributed by atoms with E-state index in [2.05, 4.69) is 4.98 Å². The van der Waals surface area contributed by atoms with Gasteiger partial charge in [-0.15, -0.1) is 0 Å². The Morgan fingerprint density at radius 2 is 1.77 bits per heavy atom. The third kappa shape index (κ3) is 3.06. The van der Waals surface area contributed by atoms with Gasteiger partial charge in [0.1, 0.15) is 5.56 Å². The molecule has 3 aromatic rings. The van der Waals surface area contributed by atoms with Gasteiger partial charge in [0.2, 0.25) is 5.78 Å². The molecule has 7 heteroatoms. The monoisotopic (exact) mass is 352 g/mol. The van der Waals surface area contributed by atoms with Crippen molar-refractivity contribution in [2.24, 2.45) is 0 Å². The van der Waals surface area contributed by atoms with Crippen molar-refractivity contribution in [3.63, 3.8) is 0 Å². The molecular weight excluding hydrogens is 336 g/mol. The molecule has 26 heavy (non-hydrogen) atoms. The van der Waals surface area contributed by atoms with E-state index in [1.807, 2.05) is 24.3 Å². The Labute approximate surface area is 148 Å². The van der Waals surface area contributed by atoms with Crippen LogP contribution < -0.4 is 0 Å². The molecule has 0 saturated carbocycles. The van der Waals surface area contributed by atoms with Crippen LogP contribution in [0.25, 0.3) is 10.9 Å². The first-order valence-corrected chi connectivity index (χ1v) is 7.96. The molecule has 3 rings (SSSR count). The normalized spacial score (nSPS) is 11.9. The number of ether oxygens (including phenoxy) is 1. The number of hydrogen-bond donors (Lipinski definition) is 1. The summed E-state index contributed by atoms with van der Waals surface area (Å²) in [6, 6.07) is 12.8. The molecule has 0 spiro atoms. The zero-order valence-corrected chi connectivity index (χ0v) is 14.2. The Kier molecular flexibility index (Phi) is 4.53. The zero-order valence-electron chi connectivity index (χ0n) is 14.2. The number of nitrogens with one attached hydrogen (secondary N) is 1. The van der Waals surface area contributed by atoms with E-state index in [4.69, 9.17) is 4.74 Å². The van der Waals surface area contributed by atoms with Gasteiger partial charge < -0.3 is 9.72 Å². The summed E-state index contributed by atoms with van der Waals surface area (Å²) in [7, 11) is 0. The molecule has 132 valence electrons. The van der Waals surface area contributed by atoms with Crippen LogP contribution in [-0.4, -0.2) is 27.8 Å². The maximum Gasteiger partial charge on any atom is 0.345 e. The molecule has 1 heterocycles. The Morgan fingerprint density at radius 3 is 2.50 bits per heavy atom. The van der Waals surface area contributed by atoms with Gasteiger partial charge in [-0.25, -0.2) is 4.79 Å². The van der Waals surface area contributed by atoms with E-state index < -0.39 is 17.0 Å². The molecule has 0 unspecified atom stereocenters. The predicted molar refractivity (Wildman–Crippen MR) is 95.3 cm³/mol. The van der Waals surface area contributed by atoms with Gasteiger partial charge in [-0.3, -0.25) is 14.9 Å². The fourth-order valence-electron chi connectivity index (χ4n) is 2.88. The van der Waals surface area contributed by atoms with Gasteiger partial charge in [-0.1, -0.05) is 30.3 Å². The fraction of sp³-hybridized carbons (Fsp3) is 0.158. The van der Waals surface area contributed by atoms with Crippen LogP contribution in [0.15, 0.2) is 48.5 Å². The van der Waals surface area contributed by atoms with E-state index in [1.54, 1.807) is 6.92 Å². The van der Waals surface area contributed by atoms with E-state index in [0.717, 1.165) is 10.9 Å². The predicted octanol–water partition coefficient (Wildman–Crippen LogP) is 3.81. The Morgan fingerprint density at radius 1 is 1.12 bits per heavy atom. The van der Waals surface area contributed by atoms with Crippen LogP contribution in [0.4, 0.5) is 5.69 Å². The maximum atomic E-state index is 12.8. The minimum Gasteiger partial charge on any atom is -0.450 e. The first-order chi connectivity index (χ1) is 12.4. The van der Waals surface area contributed by atoms with E-state index in [1.165, 1.54) is 31.2 Å². The van der Waals surface area contributed by atoms with Gasteiger partial charge in [0, 0.05) is 28.2 Å². The SMILES string of the molecule is Cc1[nH]c2ccccc2c1C(=O)[C@H](C)OC(=O)c1ccccc1[N+](=O)[O-]. The van der Waals surface area contributed by atoms with Crippen molar-refractivity contribution in [2.45, 2.75) is 20.0 Å². The van der Waals surface area contributed by atoms with Crippen molar-refractivity contribution >= 4 is 28.3 Å². The molecule has 0 aliphatic carbocycles. The first kappa shape index (κ1) is 17.3. The number of aromatic amines is 1. The summed E-state index contributed by atoms with van der Waals surface area (Å²) in [5.41, 5.74) is 1.38. The summed E-state index contributed by atoms with van der Waals surface area (Å²) in [4.78, 5) is 38.6. The number of nitrogens with zero attached hydrogens (tertiary/aromatic N) is 1. The lowest BCUT2D eigenvalue weighted by molar-refractivity contribution is -0.385. The van der Waals surface area contributed by atoms with Gasteiger partial charge >= 0.3 is 5.97 Å². The van der Waals surface area contributed by atoms with Crippen LogP contribution in [0.1, 0.15) is 33.3 Å². The molecule has 0 saturated heterocycles. The lowest BCUT2D eigenvalue weighted by Crippen LogP contribution is -2.25. The molecule has 7 nitrogen and oxygen atoms in total. The van der Waals surface area contributed by atoms with E-state index in [0.29, 0.717) is 11.3 Å². The second kappa shape index (κ2) is 6.79. The van der Waals surface area contributed by atoms with Crippen molar-refractivity contribution in [3.8, 4) is 0 Å². The molecule has 0 fully saturated rings. The number of Topliss-reactive ketones (excluding diaryl/α,β-unsaturated/α-hetero) is 1. The van der Waals surface area contributed by atoms with Crippen LogP contribution in [0, 0.1) is 17.0 Å². The number of H-pyrrole nitrogens is 1. The highest BCUT2D eigenvalue weighted by atomic mass is 16.6. The smallest absolute Gasteiger partial charge is 0.345 e. The number of esters is 1. The van der Waals surface area contributed by atoms with Crippen LogP contribution in [0.2, 0.25) is 0 Å². The summed E-state index contributed by atoms with van der Waals surface area (Å²) in [5.74, 6) is -1.28. The molecule has 1 N–H and O–H groups in total. The number of hydrogen-bond acceptors (Lipinski definition) is 5. The summed E-state index contributed by atoms with van der Waals surface area (Å²) >= 11 is 0.